The third kappa shape index (κ3) is 4.82. The number of thiophene rings is 2. The molecule has 1 saturated heterocycles. The van der Waals surface area contributed by atoms with Crippen molar-refractivity contribution < 1.29 is 19.1 Å². The van der Waals surface area contributed by atoms with E-state index in [1.54, 1.807) is 36.1 Å². The molecule has 190 valence electrons. The quantitative estimate of drug-likeness (QED) is 0.261. The minimum Gasteiger partial charge on any atom is -0.462 e. The fourth-order valence-electron chi connectivity index (χ4n) is 4.58. The number of rotatable bonds is 7. The van der Waals surface area contributed by atoms with E-state index in [0.717, 1.165) is 0 Å². The normalized spacial score (nSPS) is 13.6. The Morgan fingerprint density at radius 3 is 2.41 bits per heavy atom. The first kappa shape index (κ1) is 24.9. The molecule has 0 saturated carbocycles. The summed E-state index contributed by atoms with van der Waals surface area (Å²) in [5.74, 6) is -0.956. The molecular weight excluding hydrogens is 510 g/mol. The number of hydrogen-bond acceptors (Lipinski definition) is 8. The van der Waals surface area contributed by atoms with Gasteiger partial charge in [0, 0.05) is 47.9 Å². The number of ketones is 1. The van der Waals surface area contributed by atoms with Crippen molar-refractivity contribution in [3.05, 3.63) is 85.0 Å². The molecule has 8 nitrogen and oxygen atoms in total. The molecule has 0 unspecified atom stereocenters. The van der Waals surface area contributed by atoms with Gasteiger partial charge in [-0.05, 0) is 18.4 Å². The van der Waals surface area contributed by atoms with E-state index >= 15 is 0 Å². The molecule has 5 rings (SSSR count). The van der Waals surface area contributed by atoms with Crippen molar-refractivity contribution in [1.29, 1.82) is 0 Å². The van der Waals surface area contributed by atoms with Crippen LogP contribution in [0.25, 0.3) is 10.9 Å². The minimum absolute atomic E-state index is 0.0178. The molecule has 0 radical (unpaired) electrons. The average Bonchev–Trinajstić information content (AvgIpc) is 3.63. The number of fused-ring (bicyclic) bond motifs is 1. The molecule has 37 heavy (non-hydrogen) atoms. The lowest BCUT2D eigenvalue weighted by molar-refractivity contribution is 0.0523. The predicted molar refractivity (Wildman–Crippen MR) is 145 cm³/mol. The SMILES string of the molecule is CCOC(=O)c1c(N2CCN(C(=O)c3cccs3)CC2)c2cscc2n(CC(=O)c2ccccc2)c1=O. The smallest absolute Gasteiger partial charge is 0.345 e. The summed E-state index contributed by atoms with van der Waals surface area (Å²) in [5, 5.41) is 6.30. The van der Waals surface area contributed by atoms with Crippen LogP contribution in [0.1, 0.15) is 37.3 Å². The highest BCUT2D eigenvalue weighted by Crippen LogP contribution is 2.33. The maximum atomic E-state index is 13.8. The van der Waals surface area contributed by atoms with Gasteiger partial charge in [-0.25, -0.2) is 4.79 Å². The molecule has 0 atom stereocenters. The van der Waals surface area contributed by atoms with Gasteiger partial charge >= 0.3 is 5.97 Å². The monoisotopic (exact) mass is 535 g/mol. The number of carbonyl (C=O) groups excluding carboxylic acids is 3. The third-order valence-electron chi connectivity index (χ3n) is 6.38. The van der Waals surface area contributed by atoms with Gasteiger partial charge in [0.2, 0.25) is 0 Å². The van der Waals surface area contributed by atoms with E-state index in [1.165, 1.54) is 27.2 Å². The lowest BCUT2D eigenvalue weighted by Crippen LogP contribution is -2.49. The molecule has 1 aromatic carbocycles. The summed E-state index contributed by atoms with van der Waals surface area (Å²) in [6.07, 6.45) is 0. The largest absolute Gasteiger partial charge is 0.462 e. The van der Waals surface area contributed by atoms with Gasteiger partial charge in [-0.3, -0.25) is 19.0 Å². The van der Waals surface area contributed by atoms with Crippen LogP contribution in [-0.4, -0.2) is 59.9 Å². The van der Waals surface area contributed by atoms with E-state index in [1.807, 2.05) is 39.2 Å². The van der Waals surface area contributed by atoms with Crippen LogP contribution in [0.2, 0.25) is 0 Å². The highest BCUT2D eigenvalue weighted by atomic mass is 32.1. The number of esters is 1. The van der Waals surface area contributed by atoms with Crippen molar-refractivity contribution in [1.82, 2.24) is 9.47 Å². The van der Waals surface area contributed by atoms with E-state index in [-0.39, 0.29) is 30.4 Å². The number of benzene rings is 1. The van der Waals surface area contributed by atoms with Gasteiger partial charge in [0.05, 0.1) is 29.2 Å². The highest BCUT2D eigenvalue weighted by molar-refractivity contribution is 7.12. The van der Waals surface area contributed by atoms with Crippen molar-refractivity contribution in [3.63, 3.8) is 0 Å². The number of amides is 1. The van der Waals surface area contributed by atoms with Gasteiger partial charge in [0.15, 0.2) is 5.78 Å². The van der Waals surface area contributed by atoms with Crippen molar-refractivity contribution in [2.45, 2.75) is 13.5 Å². The van der Waals surface area contributed by atoms with Crippen molar-refractivity contribution in [2.24, 2.45) is 0 Å². The molecule has 0 bridgehead atoms. The van der Waals surface area contributed by atoms with Crippen LogP contribution in [0.5, 0.6) is 0 Å². The molecule has 4 heterocycles. The van der Waals surface area contributed by atoms with Gasteiger partial charge in [-0.15, -0.1) is 22.7 Å². The minimum atomic E-state index is -0.714. The number of pyridine rings is 1. The number of Topliss-reactive ketones (excluding diaryl/α,β-unsaturated/α-hetero) is 1. The highest BCUT2D eigenvalue weighted by Gasteiger charge is 2.31. The van der Waals surface area contributed by atoms with E-state index in [2.05, 4.69) is 0 Å². The number of ether oxygens (including phenoxy) is 1. The van der Waals surface area contributed by atoms with Crippen LogP contribution in [0.4, 0.5) is 5.69 Å². The topological polar surface area (TPSA) is 88.9 Å². The van der Waals surface area contributed by atoms with Gasteiger partial charge < -0.3 is 14.5 Å². The van der Waals surface area contributed by atoms with Crippen molar-refractivity contribution >= 4 is 56.9 Å². The summed E-state index contributed by atoms with van der Waals surface area (Å²) in [5.41, 5.74) is 0.962. The summed E-state index contributed by atoms with van der Waals surface area (Å²) in [6.45, 7) is 3.45. The van der Waals surface area contributed by atoms with Crippen molar-refractivity contribution in [2.75, 3.05) is 37.7 Å². The zero-order chi connectivity index (χ0) is 25.9. The van der Waals surface area contributed by atoms with Crippen LogP contribution in [0.3, 0.4) is 0 Å². The van der Waals surface area contributed by atoms with E-state index in [0.29, 0.717) is 53.2 Å². The summed E-state index contributed by atoms with van der Waals surface area (Å²) in [4.78, 5) is 57.2. The summed E-state index contributed by atoms with van der Waals surface area (Å²) < 4.78 is 6.66. The average molecular weight is 536 g/mol. The molecule has 0 N–H and O–H groups in total. The van der Waals surface area contributed by atoms with Crippen LogP contribution in [-0.2, 0) is 11.3 Å². The fraction of sp³-hybridized carbons (Fsp3) is 0.259. The second kappa shape index (κ2) is 10.7. The molecule has 1 fully saturated rings. The molecular formula is C27H25N3O5S2. The maximum absolute atomic E-state index is 13.8. The number of nitrogens with zero attached hydrogens (tertiary/aromatic N) is 3. The summed E-state index contributed by atoms with van der Waals surface area (Å²) in [7, 11) is 0. The van der Waals surface area contributed by atoms with Crippen LogP contribution in [0.15, 0.2) is 63.4 Å². The molecule has 1 aliphatic heterocycles. The van der Waals surface area contributed by atoms with E-state index in [9.17, 15) is 19.2 Å². The zero-order valence-corrected chi connectivity index (χ0v) is 21.8. The number of carbonyl (C=O) groups is 3. The Hall–Kier alpha value is -3.76. The predicted octanol–water partition coefficient (Wildman–Crippen LogP) is 4.15. The van der Waals surface area contributed by atoms with Gasteiger partial charge in [-0.2, -0.15) is 0 Å². The zero-order valence-electron chi connectivity index (χ0n) is 20.2. The molecule has 4 aromatic rings. The lowest BCUT2D eigenvalue weighted by atomic mass is 10.1. The molecule has 10 heteroatoms. The second-order valence-electron chi connectivity index (χ2n) is 8.55. The van der Waals surface area contributed by atoms with Gasteiger partial charge in [0.1, 0.15) is 5.56 Å². The Labute approximate surface area is 221 Å². The Kier molecular flexibility index (Phi) is 7.20. The summed E-state index contributed by atoms with van der Waals surface area (Å²) >= 11 is 2.81. The van der Waals surface area contributed by atoms with Crippen LogP contribution >= 0.6 is 22.7 Å². The van der Waals surface area contributed by atoms with Crippen LogP contribution in [0, 0.1) is 0 Å². The maximum Gasteiger partial charge on any atom is 0.345 e. The summed E-state index contributed by atoms with van der Waals surface area (Å²) in [6, 6.07) is 12.4. The van der Waals surface area contributed by atoms with Crippen LogP contribution < -0.4 is 10.5 Å². The standard InChI is InChI=1S/C27H25N3O5S2/c1-2-35-27(34)23-24(28-10-12-29(13-11-28)25(32)22-9-6-14-37-22)19-16-36-17-20(19)30(26(23)33)15-21(31)18-7-4-3-5-8-18/h3-9,14,16-17H,2,10-13,15H2,1H3. The van der Waals surface area contributed by atoms with Gasteiger partial charge in [0.25, 0.3) is 11.5 Å². The third-order valence-corrected chi connectivity index (χ3v) is 7.96. The lowest BCUT2D eigenvalue weighted by Gasteiger charge is -2.37. The first-order valence-corrected chi connectivity index (χ1v) is 13.8. The first-order chi connectivity index (χ1) is 18.0. The molecule has 1 amide bonds. The molecule has 1 aliphatic rings. The number of anilines is 1. The number of aromatic nitrogens is 1. The molecule has 0 aliphatic carbocycles. The Bertz CT molecular complexity index is 1500. The first-order valence-electron chi connectivity index (χ1n) is 12.0. The Balaban J connectivity index is 1.52. The second-order valence-corrected chi connectivity index (χ2v) is 10.2. The Morgan fingerprint density at radius 1 is 0.973 bits per heavy atom. The number of piperazine rings is 1. The van der Waals surface area contributed by atoms with E-state index in [4.69, 9.17) is 4.74 Å². The fourth-order valence-corrected chi connectivity index (χ4v) is 6.09. The van der Waals surface area contributed by atoms with Gasteiger partial charge in [-0.1, -0.05) is 36.4 Å². The molecule has 3 aromatic heterocycles. The number of hydrogen-bond donors (Lipinski definition) is 0. The van der Waals surface area contributed by atoms with Crippen molar-refractivity contribution in [3.8, 4) is 0 Å². The molecule has 0 spiro atoms. The van der Waals surface area contributed by atoms with E-state index < -0.39 is 11.5 Å². The Morgan fingerprint density at radius 2 is 1.73 bits per heavy atom.